The Morgan fingerprint density at radius 3 is 2.27 bits per heavy atom. The van der Waals surface area contributed by atoms with Gasteiger partial charge in [0.05, 0.1) is 5.60 Å². The molecule has 0 aliphatic heterocycles. The number of hydrogen-bond acceptors (Lipinski definition) is 1. The third-order valence-corrected chi connectivity index (χ3v) is 3.05. The van der Waals surface area contributed by atoms with E-state index in [1.807, 2.05) is 27.7 Å². The van der Waals surface area contributed by atoms with Crippen LogP contribution in [0.2, 0.25) is 0 Å². The summed E-state index contributed by atoms with van der Waals surface area (Å²) >= 11 is 0. The molecule has 84 valence electrons. The van der Waals surface area contributed by atoms with E-state index in [0.717, 1.165) is 0 Å². The molecule has 0 bridgehead atoms. The Labute approximate surface area is 90.9 Å². The van der Waals surface area contributed by atoms with E-state index >= 15 is 0 Å². The fraction of sp³-hybridized carbons (Fsp3) is 0.538. The van der Waals surface area contributed by atoms with E-state index in [1.165, 1.54) is 12.1 Å². The zero-order chi connectivity index (χ0) is 11.7. The molecule has 2 heteroatoms. The Hall–Kier alpha value is -0.890. The molecule has 1 rings (SSSR count). The van der Waals surface area contributed by atoms with E-state index in [0.29, 0.717) is 12.0 Å². The molecule has 0 heterocycles. The molecular formula is C13H19FO. The molecule has 0 aliphatic carbocycles. The highest BCUT2D eigenvalue weighted by Crippen LogP contribution is 2.41. The van der Waals surface area contributed by atoms with Crippen molar-refractivity contribution in [2.75, 3.05) is 0 Å². The van der Waals surface area contributed by atoms with Gasteiger partial charge in [0, 0.05) is 0 Å². The van der Waals surface area contributed by atoms with Crippen LogP contribution in [0.1, 0.15) is 39.7 Å². The third kappa shape index (κ3) is 2.20. The molecule has 0 radical (unpaired) electrons. The Balaban J connectivity index is 3.23. The molecule has 15 heavy (non-hydrogen) atoms. The molecule has 0 spiro atoms. The first kappa shape index (κ1) is 12.2. The van der Waals surface area contributed by atoms with Crippen molar-refractivity contribution in [3.05, 3.63) is 35.6 Å². The quantitative estimate of drug-likeness (QED) is 0.792. The monoisotopic (exact) mass is 210 g/mol. The van der Waals surface area contributed by atoms with Crippen LogP contribution in [0.5, 0.6) is 0 Å². The number of hydrogen-bond donors (Lipinski definition) is 1. The first-order valence-corrected chi connectivity index (χ1v) is 5.29. The summed E-state index contributed by atoms with van der Waals surface area (Å²) in [5, 5.41) is 10.6. The van der Waals surface area contributed by atoms with Crippen molar-refractivity contribution in [1.82, 2.24) is 0 Å². The van der Waals surface area contributed by atoms with Crippen molar-refractivity contribution in [3.63, 3.8) is 0 Å². The van der Waals surface area contributed by atoms with Crippen LogP contribution in [0.3, 0.4) is 0 Å². The van der Waals surface area contributed by atoms with Crippen molar-refractivity contribution >= 4 is 0 Å². The van der Waals surface area contributed by atoms with Crippen molar-refractivity contribution < 1.29 is 9.50 Å². The zero-order valence-electron chi connectivity index (χ0n) is 9.84. The molecule has 0 aliphatic rings. The van der Waals surface area contributed by atoms with Crippen LogP contribution in [0, 0.1) is 11.2 Å². The standard InChI is InChI=1S/C13H19FO/c1-5-13(15,12(2,3)4)10-7-6-8-11(14)9-10/h6-9,15H,5H2,1-4H3. The lowest BCUT2D eigenvalue weighted by molar-refractivity contribution is -0.0676. The summed E-state index contributed by atoms with van der Waals surface area (Å²) in [6, 6.07) is 6.21. The van der Waals surface area contributed by atoms with Crippen LogP contribution in [0.4, 0.5) is 4.39 Å². The molecule has 0 amide bonds. The molecule has 1 nitrogen and oxygen atoms in total. The minimum atomic E-state index is -0.977. The largest absolute Gasteiger partial charge is 0.385 e. The Kier molecular flexibility index (Phi) is 3.19. The van der Waals surface area contributed by atoms with Gasteiger partial charge in [-0.15, -0.1) is 0 Å². The van der Waals surface area contributed by atoms with Crippen molar-refractivity contribution in [1.29, 1.82) is 0 Å². The van der Waals surface area contributed by atoms with Gasteiger partial charge in [-0.2, -0.15) is 0 Å². The van der Waals surface area contributed by atoms with Crippen LogP contribution in [0.15, 0.2) is 24.3 Å². The molecule has 0 fully saturated rings. The predicted octanol–water partition coefficient (Wildman–Crippen LogP) is 3.47. The number of halogens is 1. The Morgan fingerprint density at radius 2 is 1.87 bits per heavy atom. The van der Waals surface area contributed by atoms with Gasteiger partial charge >= 0.3 is 0 Å². The van der Waals surface area contributed by atoms with Crippen LogP contribution >= 0.6 is 0 Å². The van der Waals surface area contributed by atoms with Crippen molar-refractivity contribution in [2.45, 2.75) is 39.7 Å². The maximum atomic E-state index is 13.1. The first-order valence-electron chi connectivity index (χ1n) is 5.29. The molecule has 1 aromatic carbocycles. The first-order chi connectivity index (χ1) is 6.81. The van der Waals surface area contributed by atoms with Gasteiger partial charge in [-0.25, -0.2) is 4.39 Å². The summed E-state index contributed by atoms with van der Waals surface area (Å²) in [7, 11) is 0. The molecular weight excluding hydrogens is 191 g/mol. The summed E-state index contributed by atoms with van der Waals surface area (Å²) in [6.45, 7) is 7.79. The highest BCUT2D eigenvalue weighted by Gasteiger charge is 2.39. The maximum absolute atomic E-state index is 13.1. The van der Waals surface area contributed by atoms with Crippen molar-refractivity contribution in [2.24, 2.45) is 5.41 Å². The highest BCUT2D eigenvalue weighted by molar-refractivity contribution is 5.25. The van der Waals surface area contributed by atoms with Gasteiger partial charge in [-0.05, 0) is 29.5 Å². The minimum absolute atomic E-state index is 0.302. The van der Waals surface area contributed by atoms with Gasteiger partial charge in [0.15, 0.2) is 0 Å². The predicted molar refractivity (Wildman–Crippen MR) is 60.0 cm³/mol. The topological polar surface area (TPSA) is 20.2 Å². The number of benzene rings is 1. The summed E-state index contributed by atoms with van der Waals surface area (Å²) in [5.74, 6) is -0.302. The second-order valence-corrected chi connectivity index (χ2v) is 4.97. The van der Waals surface area contributed by atoms with E-state index < -0.39 is 5.60 Å². The zero-order valence-corrected chi connectivity index (χ0v) is 9.84. The fourth-order valence-electron chi connectivity index (χ4n) is 1.91. The SMILES string of the molecule is CCC(O)(c1cccc(F)c1)C(C)(C)C. The second-order valence-electron chi connectivity index (χ2n) is 4.97. The van der Waals surface area contributed by atoms with E-state index in [-0.39, 0.29) is 11.2 Å². The lowest BCUT2D eigenvalue weighted by atomic mass is 9.71. The average Bonchev–Trinajstić information content (AvgIpc) is 2.14. The van der Waals surface area contributed by atoms with E-state index in [1.54, 1.807) is 12.1 Å². The molecule has 1 aromatic rings. The van der Waals surface area contributed by atoms with Gasteiger partial charge in [0.25, 0.3) is 0 Å². The summed E-state index contributed by atoms with van der Waals surface area (Å²) < 4.78 is 13.1. The highest BCUT2D eigenvalue weighted by atomic mass is 19.1. The van der Waals surface area contributed by atoms with Crippen LogP contribution < -0.4 is 0 Å². The fourth-order valence-corrected chi connectivity index (χ4v) is 1.91. The lowest BCUT2D eigenvalue weighted by Gasteiger charge is -2.40. The lowest BCUT2D eigenvalue weighted by Crippen LogP contribution is -2.39. The number of rotatable bonds is 2. The van der Waals surface area contributed by atoms with Crippen LogP contribution in [-0.4, -0.2) is 5.11 Å². The molecule has 1 N–H and O–H groups in total. The molecule has 1 unspecified atom stereocenters. The van der Waals surface area contributed by atoms with Gasteiger partial charge in [0.1, 0.15) is 5.82 Å². The Morgan fingerprint density at radius 1 is 1.27 bits per heavy atom. The summed E-state index contributed by atoms with van der Waals surface area (Å²) in [4.78, 5) is 0. The van der Waals surface area contributed by atoms with Crippen molar-refractivity contribution in [3.8, 4) is 0 Å². The van der Waals surface area contributed by atoms with E-state index in [2.05, 4.69) is 0 Å². The third-order valence-electron chi connectivity index (χ3n) is 3.05. The minimum Gasteiger partial charge on any atom is -0.385 e. The Bertz CT molecular complexity index is 341. The van der Waals surface area contributed by atoms with Gasteiger partial charge in [-0.1, -0.05) is 39.8 Å². The molecule has 0 saturated heterocycles. The summed E-state index contributed by atoms with van der Waals surface area (Å²) in [5.41, 5.74) is -0.637. The normalized spacial score (nSPS) is 16.1. The molecule has 0 saturated carbocycles. The van der Waals surface area contributed by atoms with E-state index in [9.17, 15) is 9.50 Å². The summed E-state index contributed by atoms with van der Waals surface area (Å²) in [6.07, 6.45) is 0.569. The van der Waals surface area contributed by atoms with Gasteiger partial charge in [-0.3, -0.25) is 0 Å². The maximum Gasteiger partial charge on any atom is 0.123 e. The number of aliphatic hydroxyl groups is 1. The molecule has 1 atom stereocenters. The van der Waals surface area contributed by atoms with Crippen LogP contribution in [-0.2, 0) is 5.60 Å². The van der Waals surface area contributed by atoms with Gasteiger partial charge in [0.2, 0.25) is 0 Å². The van der Waals surface area contributed by atoms with Crippen LogP contribution in [0.25, 0.3) is 0 Å². The average molecular weight is 210 g/mol. The van der Waals surface area contributed by atoms with Gasteiger partial charge < -0.3 is 5.11 Å². The smallest absolute Gasteiger partial charge is 0.123 e. The molecule has 0 aromatic heterocycles. The second kappa shape index (κ2) is 3.93. The van der Waals surface area contributed by atoms with E-state index in [4.69, 9.17) is 0 Å².